The second-order valence-corrected chi connectivity index (χ2v) is 9.50. The average Bonchev–Trinajstić information content (AvgIpc) is 3.04. The van der Waals surface area contributed by atoms with Crippen molar-refractivity contribution in [3.63, 3.8) is 0 Å². The number of carbonyl (C=O) groups excluding carboxylic acids is 3. The molecule has 0 amide bonds. The highest BCUT2D eigenvalue weighted by molar-refractivity contribution is 6.09. The molecule has 5 aromatic carbocycles. The first-order valence-corrected chi connectivity index (χ1v) is 13.3. The lowest BCUT2D eigenvalue weighted by molar-refractivity contribution is -0.0980. The van der Waals surface area contributed by atoms with E-state index in [4.69, 9.17) is 14.3 Å². The van der Waals surface area contributed by atoms with E-state index in [1.165, 1.54) is 29.2 Å². The predicted octanol–water partition coefficient (Wildman–Crippen LogP) is 8.71. The van der Waals surface area contributed by atoms with Gasteiger partial charge in [0.15, 0.2) is 11.6 Å². The van der Waals surface area contributed by atoms with Crippen molar-refractivity contribution in [1.29, 1.82) is 0 Å². The molecule has 5 aromatic rings. The van der Waals surface area contributed by atoms with Gasteiger partial charge in [-0.2, -0.15) is 0 Å². The van der Waals surface area contributed by atoms with Crippen LogP contribution in [-0.2, 0) is 4.79 Å². The number of hydrogen-bond donors (Lipinski definition) is 0. The van der Waals surface area contributed by atoms with Gasteiger partial charge in [0.05, 0.1) is 7.11 Å². The quantitative estimate of drug-likeness (QED) is 0.187. The third kappa shape index (κ3) is 8.86. The maximum absolute atomic E-state index is 12.5. The van der Waals surface area contributed by atoms with Crippen molar-refractivity contribution in [3.8, 4) is 28.4 Å². The monoisotopic (exact) mass is 558 g/mol. The molecule has 5 heteroatoms. The van der Waals surface area contributed by atoms with Gasteiger partial charge in [-0.25, -0.2) is 0 Å². The van der Waals surface area contributed by atoms with Crippen LogP contribution in [0.5, 0.6) is 17.2 Å². The molecule has 0 heterocycles. The van der Waals surface area contributed by atoms with E-state index in [1.54, 1.807) is 55.6 Å². The number of ether oxygens (including phenoxy) is 2. The summed E-state index contributed by atoms with van der Waals surface area (Å²) in [5.41, 5.74) is 6.64. The number of aryl methyl sites for hydroxylation is 2. The summed E-state index contributed by atoms with van der Waals surface area (Å²) in [7, 11) is 1.68. The van der Waals surface area contributed by atoms with Crippen molar-refractivity contribution in [2.75, 3.05) is 7.11 Å². The van der Waals surface area contributed by atoms with Gasteiger partial charge in [-0.3, -0.25) is 9.59 Å². The molecule has 0 bridgehead atoms. The Labute approximate surface area is 247 Å². The van der Waals surface area contributed by atoms with Gasteiger partial charge in [0, 0.05) is 16.7 Å². The number of hydrogen-bond acceptors (Lipinski definition) is 5. The molecule has 0 aliphatic carbocycles. The van der Waals surface area contributed by atoms with E-state index < -0.39 is 0 Å². The van der Waals surface area contributed by atoms with Gasteiger partial charge in [0.25, 0.3) is 0 Å². The molecule has 212 valence electrons. The van der Waals surface area contributed by atoms with Gasteiger partial charge in [0.2, 0.25) is 0 Å². The lowest BCUT2D eigenvalue weighted by Crippen LogP contribution is -2.02. The molecule has 0 N–H and O–H groups in total. The summed E-state index contributed by atoms with van der Waals surface area (Å²) in [5.74, 6) is 2.22. The molecule has 0 spiro atoms. The summed E-state index contributed by atoms with van der Waals surface area (Å²) < 4.78 is 10.9. The summed E-state index contributed by atoms with van der Waals surface area (Å²) in [4.78, 5) is 31.8. The maximum atomic E-state index is 12.5. The molecule has 42 heavy (non-hydrogen) atoms. The van der Waals surface area contributed by atoms with E-state index in [-0.39, 0.29) is 11.6 Å². The summed E-state index contributed by atoms with van der Waals surface area (Å²) in [6.45, 7) is 7.62. The number of Topliss-reactive ketones (excluding diaryl/α,β-unsaturated/α-hetero) is 1. The van der Waals surface area contributed by atoms with Crippen LogP contribution >= 0.6 is 0 Å². The number of carbonyl (C=O) groups is 3. The first-order chi connectivity index (χ1) is 20.3. The number of rotatable bonds is 7. The first-order valence-electron chi connectivity index (χ1n) is 13.3. The van der Waals surface area contributed by atoms with Crippen molar-refractivity contribution in [2.24, 2.45) is 0 Å². The zero-order chi connectivity index (χ0) is 30.5. The zero-order valence-corrected chi connectivity index (χ0v) is 24.3. The fraction of sp³-hybridized carbons (Fsp3) is 0.108. The second-order valence-electron chi connectivity index (χ2n) is 9.50. The Morgan fingerprint density at radius 1 is 0.500 bits per heavy atom. The van der Waals surface area contributed by atoms with Gasteiger partial charge in [-0.1, -0.05) is 83.9 Å². The molecule has 0 aliphatic rings. The molecule has 0 atom stereocenters. The molecule has 5 rings (SSSR count). The first kappa shape index (κ1) is 31.2. The van der Waals surface area contributed by atoms with Crippen molar-refractivity contribution >= 4 is 18.4 Å². The molecule has 0 saturated heterocycles. The number of ketones is 2. The normalized spacial score (nSPS) is 9.81. The Kier molecular flexibility index (Phi) is 11.5. The molecular weight excluding hydrogens is 524 g/mol. The minimum Gasteiger partial charge on any atom is -0.497 e. The lowest BCUT2D eigenvalue weighted by atomic mass is 10.0. The van der Waals surface area contributed by atoms with Crippen LogP contribution in [0.25, 0.3) is 11.1 Å². The lowest BCUT2D eigenvalue weighted by Gasteiger charge is -2.07. The van der Waals surface area contributed by atoms with Crippen molar-refractivity contribution in [2.45, 2.75) is 20.8 Å². The van der Waals surface area contributed by atoms with E-state index in [1.807, 2.05) is 50.1 Å². The van der Waals surface area contributed by atoms with Crippen LogP contribution in [0.15, 0.2) is 121 Å². The third-order valence-corrected chi connectivity index (χ3v) is 6.40. The number of benzene rings is 5. The fourth-order valence-corrected chi connectivity index (χ4v) is 3.97. The highest BCUT2D eigenvalue weighted by Gasteiger charge is 2.10. The van der Waals surface area contributed by atoms with E-state index in [2.05, 4.69) is 43.3 Å². The van der Waals surface area contributed by atoms with E-state index in [0.29, 0.717) is 22.4 Å². The Morgan fingerprint density at radius 2 is 0.833 bits per heavy atom. The molecule has 0 unspecified atom stereocenters. The summed E-state index contributed by atoms with van der Waals surface area (Å²) in [5, 5.41) is 0. The van der Waals surface area contributed by atoms with Crippen LogP contribution in [0, 0.1) is 13.8 Å². The van der Waals surface area contributed by atoms with Gasteiger partial charge >= 0.3 is 0 Å². The van der Waals surface area contributed by atoms with Crippen LogP contribution < -0.4 is 9.47 Å². The molecule has 0 aliphatic heterocycles. The maximum Gasteiger partial charge on any atom is 0.193 e. The van der Waals surface area contributed by atoms with Crippen LogP contribution in [-0.4, -0.2) is 25.5 Å². The minimum atomic E-state index is -0.0861. The second kappa shape index (κ2) is 15.5. The van der Waals surface area contributed by atoms with Crippen LogP contribution in [0.1, 0.15) is 44.3 Å². The van der Waals surface area contributed by atoms with Crippen LogP contribution in [0.4, 0.5) is 0 Å². The molecule has 0 aromatic heterocycles. The SMILES string of the molecule is C=O.CC(=O)c1ccc(C(=O)c2ccc(Oc3ccc(C)cc3)cc2)cc1.COc1ccc(-c2ccc(C)cc2)cc1. The van der Waals surface area contributed by atoms with Crippen LogP contribution in [0.3, 0.4) is 0 Å². The van der Waals surface area contributed by atoms with Crippen LogP contribution in [0.2, 0.25) is 0 Å². The van der Waals surface area contributed by atoms with Gasteiger partial charge in [-0.15, -0.1) is 0 Å². The molecule has 0 saturated carbocycles. The Bertz CT molecular complexity index is 1570. The Morgan fingerprint density at radius 3 is 1.26 bits per heavy atom. The molecule has 5 nitrogen and oxygen atoms in total. The molecule has 0 radical (unpaired) electrons. The summed E-state index contributed by atoms with van der Waals surface area (Å²) >= 11 is 0. The summed E-state index contributed by atoms with van der Waals surface area (Å²) in [6.07, 6.45) is 0. The standard InChI is InChI=1S/C22H18O3.C14H14O.CH2O/c1-15-3-11-20(12-4-15)25-21-13-9-19(10-14-21)22(24)18-7-5-17(6-8-18)16(2)23;1-11-3-5-12(6-4-11)13-7-9-14(15-2)10-8-13;1-2/h3-14H,1-2H3;3-10H,1-2H3;1H2. The average molecular weight is 559 g/mol. The van der Waals surface area contributed by atoms with E-state index in [0.717, 1.165) is 11.5 Å². The van der Waals surface area contributed by atoms with E-state index >= 15 is 0 Å². The fourth-order valence-electron chi connectivity index (χ4n) is 3.97. The van der Waals surface area contributed by atoms with Crippen molar-refractivity contribution < 1.29 is 23.9 Å². The van der Waals surface area contributed by atoms with Gasteiger partial charge < -0.3 is 14.3 Å². The molecular formula is C37H34O5. The number of methoxy groups -OCH3 is 1. The van der Waals surface area contributed by atoms with Gasteiger partial charge in [0.1, 0.15) is 24.0 Å². The predicted molar refractivity (Wildman–Crippen MR) is 168 cm³/mol. The van der Waals surface area contributed by atoms with Gasteiger partial charge in [-0.05, 0) is 80.4 Å². The third-order valence-electron chi connectivity index (χ3n) is 6.40. The Hall–Kier alpha value is -5.29. The summed E-state index contributed by atoms with van der Waals surface area (Å²) in [6, 6.07) is 38.1. The van der Waals surface area contributed by atoms with Crippen molar-refractivity contribution in [3.05, 3.63) is 149 Å². The van der Waals surface area contributed by atoms with E-state index in [9.17, 15) is 9.59 Å². The highest BCUT2D eigenvalue weighted by atomic mass is 16.5. The zero-order valence-electron chi connectivity index (χ0n) is 24.3. The highest BCUT2D eigenvalue weighted by Crippen LogP contribution is 2.24. The topological polar surface area (TPSA) is 69.7 Å². The largest absolute Gasteiger partial charge is 0.497 e. The molecule has 0 fully saturated rings. The Balaban J connectivity index is 0.000000243. The minimum absolute atomic E-state index is 0.0170. The smallest absolute Gasteiger partial charge is 0.193 e. The van der Waals surface area contributed by atoms with Crippen molar-refractivity contribution in [1.82, 2.24) is 0 Å².